The number of anilines is 2. The number of para-hydroxylation sites is 1. The van der Waals surface area contributed by atoms with Crippen LogP contribution in [0.3, 0.4) is 0 Å². The minimum atomic E-state index is -0.162. The van der Waals surface area contributed by atoms with Gasteiger partial charge in [-0.25, -0.2) is 0 Å². The number of benzene rings is 2. The molecule has 0 aliphatic carbocycles. The lowest BCUT2D eigenvalue weighted by molar-refractivity contribution is -0.116. The number of carbonyl (C=O) groups excluding carboxylic acids is 1. The summed E-state index contributed by atoms with van der Waals surface area (Å²) < 4.78 is 0. The van der Waals surface area contributed by atoms with Gasteiger partial charge in [-0.2, -0.15) is 10.5 Å². The van der Waals surface area contributed by atoms with Gasteiger partial charge in [-0.15, -0.1) is 0 Å². The molecule has 2 aromatic rings. The predicted molar refractivity (Wildman–Crippen MR) is 101 cm³/mol. The van der Waals surface area contributed by atoms with E-state index < -0.39 is 0 Å². The van der Waals surface area contributed by atoms with Gasteiger partial charge in [-0.3, -0.25) is 4.79 Å². The summed E-state index contributed by atoms with van der Waals surface area (Å²) in [5.41, 5.74) is 8.72. The van der Waals surface area contributed by atoms with E-state index in [9.17, 15) is 4.79 Å². The zero-order valence-electron chi connectivity index (χ0n) is 14.6. The average Bonchev–Trinajstić information content (AvgIpc) is 2.66. The molecule has 0 aliphatic heterocycles. The van der Waals surface area contributed by atoms with Gasteiger partial charge in [0.25, 0.3) is 0 Å². The number of nitriles is 2. The van der Waals surface area contributed by atoms with Gasteiger partial charge < -0.3 is 16.4 Å². The van der Waals surface area contributed by atoms with Gasteiger partial charge in [-0.1, -0.05) is 25.1 Å². The number of amides is 1. The fraction of sp³-hybridized carbons (Fsp3) is 0.250. The number of nitrogen functional groups attached to an aromatic ring is 1. The Kier molecular flexibility index (Phi) is 6.73. The molecule has 1 amide bonds. The molecule has 6 nitrogen and oxygen atoms in total. The average molecular weight is 347 g/mol. The lowest BCUT2D eigenvalue weighted by Gasteiger charge is -2.13. The van der Waals surface area contributed by atoms with Crippen LogP contribution in [0.25, 0.3) is 0 Å². The van der Waals surface area contributed by atoms with E-state index in [4.69, 9.17) is 16.3 Å². The van der Waals surface area contributed by atoms with Crippen molar-refractivity contribution in [3.8, 4) is 12.1 Å². The van der Waals surface area contributed by atoms with Crippen LogP contribution in [0.1, 0.15) is 36.0 Å². The minimum absolute atomic E-state index is 0.162. The highest BCUT2D eigenvalue weighted by Gasteiger charge is 2.09. The van der Waals surface area contributed by atoms with Gasteiger partial charge in [0.2, 0.25) is 5.91 Å². The summed E-state index contributed by atoms with van der Waals surface area (Å²) in [6.45, 7) is 3.35. The molecule has 0 saturated heterocycles. The van der Waals surface area contributed by atoms with Crippen LogP contribution in [-0.4, -0.2) is 19.0 Å². The van der Waals surface area contributed by atoms with Crippen molar-refractivity contribution in [2.24, 2.45) is 0 Å². The predicted octanol–water partition coefficient (Wildman–Crippen LogP) is 2.73. The van der Waals surface area contributed by atoms with E-state index in [2.05, 4.69) is 23.6 Å². The fourth-order valence-corrected chi connectivity index (χ4v) is 2.51. The first-order valence-corrected chi connectivity index (χ1v) is 8.34. The van der Waals surface area contributed by atoms with Crippen molar-refractivity contribution in [2.75, 3.05) is 24.1 Å². The van der Waals surface area contributed by atoms with Gasteiger partial charge in [0, 0.05) is 19.5 Å². The lowest BCUT2D eigenvalue weighted by atomic mass is 10.00. The quantitative estimate of drug-likeness (QED) is 0.526. The Morgan fingerprint density at radius 3 is 2.54 bits per heavy atom. The number of hydrogen-bond donors (Lipinski definition) is 3. The second kappa shape index (κ2) is 9.22. The molecule has 1 atom stereocenters. The zero-order chi connectivity index (χ0) is 18.9. The number of rotatable bonds is 7. The summed E-state index contributed by atoms with van der Waals surface area (Å²) in [4.78, 5) is 12.0. The molecule has 4 N–H and O–H groups in total. The molecular formula is C20H21N5O. The van der Waals surface area contributed by atoms with Crippen LogP contribution < -0.4 is 16.4 Å². The molecule has 0 spiro atoms. The standard InChI is InChI=1S/C20H21N5O/c1-14(16-7-5-15(11-21)6-8-16)13-24-10-9-19(26)25-18-4-2-3-17(12-22)20(18)23/h2-8,14,24H,9-10,13,23H2,1H3,(H,25,26). The number of nitrogens with zero attached hydrogens (tertiary/aromatic N) is 2. The van der Waals surface area contributed by atoms with Gasteiger partial charge in [0.15, 0.2) is 0 Å². The van der Waals surface area contributed by atoms with Crippen LogP contribution >= 0.6 is 0 Å². The monoisotopic (exact) mass is 347 g/mol. The third kappa shape index (κ3) is 5.07. The van der Waals surface area contributed by atoms with Crippen LogP contribution in [0.2, 0.25) is 0 Å². The van der Waals surface area contributed by atoms with Crippen molar-refractivity contribution in [1.82, 2.24) is 5.32 Å². The van der Waals surface area contributed by atoms with Gasteiger partial charge in [-0.05, 0) is 35.7 Å². The molecular weight excluding hydrogens is 326 g/mol. The van der Waals surface area contributed by atoms with E-state index in [0.29, 0.717) is 29.8 Å². The molecule has 0 heterocycles. The van der Waals surface area contributed by atoms with Crippen LogP contribution in [0.4, 0.5) is 11.4 Å². The highest BCUT2D eigenvalue weighted by Crippen LogP contribution is 2.22. The lowest BCUT2D eigenvalue weighted by Crippen LogP contribution is -2.25. The highest BCUT2D eigenvalue weighted by atomic mass is 16.1. The molecule has 0 radical (unpaired) electrons. The third-order valence-corrected chi connectivity index (χ3v) is 4.09. The second-order valence-electron chi connectivity index (χ2n) is 6.02. The normalized spacial score (nSPS) is 11.2. The zero-order valence-corrected chi connectivity index (χ0v) is 14.6. The first-order chi connectivity index (χ1) is 12.5. The number of nitrogens with two attached hydrogens (primary N) is 1. The van der Waals surface area contributed by atoms with E-state index in [1.165, 1.54) is 0 Å². The molecule has 1 unspecified atom stereocenters. The van der Waals surface area contributed by atoms with Crippen molar-refractivity contribution >= 4 is 17.3 Å². The van der Waals surface area contributed by atoms with Gasteiger partial charge >= 0.3 is 0 Å². The summed E-state index contributed by atoms with van der Waals surface area (Å²) in [5, 5.41) is 23.8. The van der Waals surface area contributed by atoms with Crippen molar-refractivity contribution in [3.05, 3.63) is 59.2 Å². The van der Waals surface area contributed by atoms with E-state index >= 15 is 0 Å². The molecule has 0 aliphatic rings. The van der Waals surface area contributed by atoms with Gasteiger partial charge in [0.05, 0.1) is 28.6 Å². The minimum Gasteiger partial charge on any atom is -0.396 e. The third-order valence-electron chi connectivity index (χ3n) is 4.09. The maximum absolute atomic E-state index is 12.0. The summed E-state index contributed by atoms with van der Waals surface area (Å²) in [5.74, 6) is 0.110. The molecule has 6 heteroatoms. The number of carbonyl (C=O) groups is 1. The second-order valence-corrected chi connectivity index (χ2v) is 6.02. The van der Waals surface area contributed by atoms with Crippen molar-refractivity contribution < 1.29 is 4.79 Å². The number of nitrogens with one attached hydrogen (secondary N) is 2. The molecule has 0 aromatic heterocycles. The summed E-state index contributed by atoms with van der Waals surface area (Å²) >= 11 is 0. The summed E-state index contributed by atoms with van der Waals surface area (Å²) in [7, 11) is 0. The Bertz CT molecular complexity index is 846. The van der Waals surface area contributed by atoms with E-state index in [-0.39, 0.29) is 17.5 Å². The molecule has 0 bridgehead atoms. The molecule has 26 heavy (non-hydrogen) atoms. The highest BCUT2D eigenvalue weighted by molar-refractivity contribution is 5.94. The van der Waals surface area contributed by atoms with Crippen molar-refractivity contribution in [3.63, 3.8) is 0 Å². The summed E-state index contributed by atoms with van der Waals surface area (Å²) in [6.07, 6.45) is 0.302. The first kappa shape index (κ1) is 19.0. The van der Waals surface area contributed by atoms with Crippen LogP contribution in [0.15, 0.2) is 42.5 Å². The molecule has 0 saturated carbocycles. The van der Waals surface area contributed by atoms with E-state index in [1.807, 2.05) is 18.2 Å². The Labute approximate surface area is 153 Å². The number of hydrogen-bond acceptors (Lipinski definition) is 5. The van der Waals surface area contributed by atoms with Crippen LogP contribution in [0.5, 0.6) is 0 Å². The van der Waals surface area contributed by atoms with Crippen LogP contribution in [-0.2, 0) is 4.79 Å². The molecule has 132 valence electrons. The Morgan fingerprint density at radius 2 is 1.88 bits per heavy atom. The van der Waals surface area contributed by atoms with Crippen molar-refractivity contribution in [2.45, 2.75) is 19.3 Å². The molecule has 2 rings (SSSR count). The maximum Gasteiger partial charge on any atom is 0.225 e. The smallest absolute Gasteiger partial charge is 0.225 e. The van der Waals surface area contributed by atoms with E-state index in [1.54, 1.807) is 30.3 Å². The van der Waals surface area contributed by atoms with Crippen molar-refractivity contribution in [1.29, 1.82) is 10.5 Å². The largest absolute Gasteiger partial charge is 0.396 e. The van der Waals surface area contributed by atoms with Crippen LogP contribution in [0, 0.1) is 22.7 Å². The van der Waals surface area contributed by atoms with E-state index in [0.717, 1.165) is 12.1 Å². The molecule has 2 aromatic carbocycles. The fourth-order valence-electron chi connectivity index (χ4n) is 2.51. The summed E-state index contributed by atoms with van der Waals surface area (Å²) in [6, 6.07) is 16.6. The molecule has 0 fully saturated rings. The first-order valence-electron chi connectivity index (χ1n) is 8.34. The SMILES string of the molecule is CC(CNCCC(=O)Nc1cccc(C#N)c1N)c1ccc(C#N)cc1. The Balaban J connectivity index is 1.76. The van der Waals surface area contributed by atoms with Gasteiger partial charge in [0.1, 0.15) is 6.07 Å². The topological polar surface area (TPSA) is 115 Å². The Hall–Kier alpha value is -3.35. The Morgan fingerprint density at radius 1 is 1.15 bits per heavy atom. The maximum atomic E-state index is 12.0.